The van der Waals surface area contributed by atoms with Crippen LogP contribution in [0, 0.1) is 0 Å². The quantitative estimate of drug-likeness (QED) is 0.224. The number of nitrogens with zero attached hydrogens (tertiary/aromatic N) is 2. The lowest BCUT2D eigenvalue weighted by Crippen LogP contribution is -2.15. The third-order valence-corrected chi connectivity index (χ3v) is 7.57. The van der Waals surface area contributed by atoms with Crippen molar-refractivity contribution in [3.63, 3.8) is 0 Å². The molecule has 0 fully saturated rings. The molecule has 5 aromatic carbocycles. The molecule has 40 heavy (non-hydrogen) atoms. The Hall–Kier alpha value is -5.36. The van der Waals surface area contributed by atoms with E-state index in [2.05, 4.69) is 33.4 Å². The van der Waals surface area contributed by atoms with E-state index in [-0.39, 0.29) is 11.1 Å². The van der Waals surface area contributed by atoms with Crippen LogP contribution in [0.4, 0.5) is 0 Å². The van der Waals surface area contributed by atoms with E-state index in [1.807, 2.05) is 78.9 Å². The first-order valence-electron chi connectivity index (χ1n) is 12.9. The SMILES string of the molecule is COC(=O)c1cc(C(=O)OC)c(-n2c3ccccc3c3ccccc32)cc1-n1c2ccccc2c2ccccc21. The second-order valence-corrected chi connectivity index (χ2v) is 9.61. The van der Waals surface area contributed by atoms with E-state index in [4.69, 9.17) is 9.47 Å². The van der Waals surface area contributed by atoms with Crippen LogP contribution in [0.1, 0.15) is 20.7 Å². The molecule has 7 rings (SSSR count). The third kappa shape index (κ3) is 3.36. The molecule has 7 aromatic rings. The van der Waals surface area contributed by atoms with Crippen molar-refractivity contribution in [2.75, 3.05) is 14.2 Å². The van der Waals surface area contributed by atoms with Crippen LogP contribution < -0.4 is 0 Å². The number of para-hydroxylation sites is 4. The van der Waals surface area contributed by atoms with Gasteiger partial charge in [-0.05, 0) is 36.4 Å². The van der Waals surface area contributed by atoms with Gasteiger partial charge in [-0.25, -0.2) is 9.59 Å². The van der Waals surface area contributed by atoms with E-state index in [0.29, 0.717) is 11.4 Å². The second-order valence-electron chi connectivity index (χ2n) is 9.61. The maximum atomic E-state index is 13.3. The van der Waals surface area contributed by atoms with Crippen molar-refractivity contribution in [2.24, 2.45) is 0 Å². The molecule has 0 spiro atoms. The minimum Gasteiger partial charge on any atom is -0.465 e. The average molecular weight is 525 g/mol. The Morgan fingerprint density at radius 1 is 0.475 bits per heavy atom. The molecule has 0 unspecified atom stereocenters. The lowest BCUT2D eigenvalue weighted by Gasteiger charge is -2.19. The summed E-state index contributed by atoms with van der Waals surface area (Å²) in [5, 5.41) is 4.24. The van der Waals surface area contributed by atoms with Crippen LogP contribution in [0.25, 0.3) is 55.0 Å². The zero-order chi connectivity index (χ0) is 27.4. The van der Waals surface area contributed by atoms with Crippen LogP contribution in [0.15, 0.2) is 109 Å². The molecule has 0 amide bonds. The molecule has 0 bridgehead atoms. The topological polar surface area (TPSA) is 62.5 Å². The van der Waals surface area contributed by atoms with Crippen molar-refractivity contribution in [3.05, 3.63) is 120 Å². The van der Waals surface area contributed by atoms with E-state index in [0.717, 1.165) is 43.6 Å². The molecular weight excluding hydrogens is 500 g/mol. The smallest absolute Gasteiger partial charge is 0.340 e. The highest BCUT2D eigenvalue weighted by Gasteiger charge is 2.26. The third-order valence-electron chi connectivity index (χ3n) is 7.57. The highest BCUT2D eigenvalue weighted by atomic mass is 16.5. The molecule has 0 saturated heterocycles. The molecule has 0 aliphatic rings. The number of hydrogen-bond acceptors (Lipinski definition) is 4. The zero-order valence-corrected chi connectivity index (χ0v) is 21.9. The summed E-state index contributed by atoms with van der Waals surface area (Å²) in [7, 11) is 2.69. The standard InChI is InChI=1S/C34H24N2O4/c1-39-33(37)25-19-26(34(38)40-2)32(36-29-17-9-5-13-23(29)24-14-6-10-18-30(24)36)20-31(25)35-27-15-7-3-11-21(27)22-12-4-8-16-28(22)35/h3-20H,1-2H3. The second kappa shape index (κ2) is 9.13. The van der Waals surface area contributed by atoms with E-state index >= 15 is 0 Å². The van der Waals surface area contributed by atoms with Gasteiger partial charge in [-0.1, -0.05) is 72.8 Å². The van der Waals surface area contributed by atoms with Crippen LogP contribution in [0.3, 0.4) is 0 Å². The van der Waals surface area contributed by atoms with Crippen LogP contribution in [0.2, 0.25) is 0 Å². The van der Waals surface area contributed by atoms with Gasteiger partial charge in [0.25, 0.3) is 0 Å². The van der Waals surface area contributed by atoms with Gasteiger partial charge < -0.3 is 18.6 Å². The minimum absolute atomic E-state index is 0.263. The van der Waals surface area contributed by atoms with Gasteiger partial charge in [0.05, 0.1) is 58.8 Å². The van der Waals surface area contributed by atoms with Gasteiger partial charge in [-0.3, -0.25) is 0 Å². The van der Waals surface area contributed by atoms with Crippen LogP contribution in [0.5, 0.6) is 0 Å². The monoisotopic (exact) mass is 524 g/mol. The fourth-order valence-corrected chi connectivity index (χ4v) is 5.86. The Morgan fingerprint density at radius 3 is 1.07 bits per heavy atom. The highest BCUT2D eigenvalue weighted by Crippen LogP contribution is 2.38. The van der Waals surface area contributed by atoms with Gasteiger partial charge in [-0.15, -0.1) is 0 Å². The number of carbonyl (C=O) groups excluding carboxylic acids is 2. The van der Waals surface area contributed by atoms with Crippen molar-refractivity contribution in [1.29, 1.82) is 0 Å². The number of hydrogen-bond donors (Lipinski definition) is 0. The van der Waals surface area contributed by atoms with E-state index in [9.17, 15) is 9.59 Å². The lowest BCUT2D eigenvalue weighted by molar-refractivity contribution is 0.0599. The van der Waals surface area contributed by atoms with Gasteiger partial charge >= 0.3 is 11.9 Å². The molecule has 2 heterocycles. The van der Waals surface area contributed by atoms with Crippen molar-refractivity contribution in [2.45, 2.75) is 0 Å². The van der Waals surface area contributed by atoms with Crippen molar-refractivity contribution < 1.29 is 19.1 Å². The molecule has 2 aromatic heterocycles. The zero-order valence-electron chi connectivity index (χ0n) is 21.9. The predicted octanol–water partition coefficient (Wildman–Crippen LogP) is 7.45. The molecule has 0 radical (unpaired) electrons. The predicted molar refractivity (Wildman–Crippen MR) is 158 cm³/mol. The number of methoxy groups -OCH3 is 2. The van der Waals surface area contributed by atoms with Gasteiger partial charge in [0.2, 0.25) is 0 Å². The Morgan fingerprint density at radius 2 is 0.775 bits per heavy atom. The Kier molecular flexibility index (Phi) is 5.42. The maximum Gasteiger partial charge on any atom is 0.340 e. The first-order valence-corrected chi connectivity index (χ1v) is 12.9. The molecule has 6 nitrogen and oxygen atoms in total. The lowest BCUT2D eigenvalue weighted by atomic mass is 10.0. The summed E-state index contributed by atoms with van der Waals surface area (Å²) in [5.41, 5.74) is 5.49. The van der Waals surface area contributed by atoms with Crippen molar-refractivity contribution in [1.82, 2.24) is 9.13 Å². The number of fused-ring (bicyclic) bond motifs is 6. The van der Waals surface area contributed by atoms with E-state index in [1.165, 1.54) is 14.2 Å². The fraction of sp³-hybridized carbons (Fsp3) is 0.0588. The highest BCUT2D eigenvalue weighted by molar-refractivity contribution is 6.12. The number of carbonyl (C=O) groups is 2. The molecule has 0 aliphatic carbocycles. The Labute approximate surface area is 229 Å². The van der Waals surface area contributed by atoms with Crippen LogP contribution in [-0.2, 0) is 9.47 Å². The first kappa shape index (κ1) is 23.7. The summed E-state index contributed by atoms with van der Waals surface area (Å²) in [6, 6.07) is 35.8. The number of ether oxygens (including phenoxy) is 2. The molecular formula is C34H24N2O4. The first-order chi connectivity index (χ1) is 19.6. The number of aromatic nitrogens is 2. The van der Waals surface area contributed by atoms with E-state index in [1.54, 1.807) is 6.07 Å². The average Bonchev–Trinajstić information content (AvgIpc) is 3.53. The molecule has 0 aliphatic heterocycles. The van der Waals surface area contributed by atoms with Crippen LogP contribution >= 0.6 is 0 Å². The maximum absolute atomic E-state index is 13.3. The van der Waals surface area contributed by atoms with E-state index < -0.39 is 11.9 Å². The van der Waals surface area contributed by atoms with Gasteiger partial charge in [-0.2, -0.15) is 0 Å². The number of esters is 2. The number of benzene rings is 5. The summed E-state index contributed by atoms with van der Waals surface area (Å²) in [5.74, 6) is -1.09. The van der Waals surface area contributed by atoms with Crippen molar-refractivity contribution >= 4 is 55.6 Å². The summed E-state index contributed by atoms with van der Waals surface area (Å²) in [4.78, 5) is 26.6. The van der Waals surface area contributed by atoms with Crippen molar-refractivity contribution in [3.8, 4) is 11.4 Å². The van der Waals surface area contributed by atoms with Gasteiger partial charge in [0.15, 0.2) is 0 Å². The molecule has 0 saturated carbocycles. The summed E-state index contributed by atoms with van der Waals surface area (Å²) in [6.07, 6.45) is 0. The minimum atomic E-state index is -0.546. The Balaban J connectivity index is 1.68. The van der Waals surface area contributed by atoms with Crippen LogP contribution in [-0.4, -0.2) is 35.3 Å². The largest absolute Gasteiger partial charge is 0.465 e. The molecule has 0 N–H and O–H groups in total. The van der Waals surface area contributed by atoms with Gasteiger partial charge in [0, 0.05) is 21.5 Å². The summed E-state index contributed by atoms with van der Waals surface area (Å²) in [6.45, 7) is 0. The Bertz CT molecular complexity index is 1880. The normalized spacial score (nSPS) is 11.4. The molecule has 0 atom stereocenters. The molecule has 6 heteroatoms. The fourth-order valence-electron chi connectivity index (χ4n) is 5.86. The summed E-state index contributed by atoms with van der Waals surface area (Å²) < 4.78 is 14.6. The number of rotatable bonds is 4. The molecule has 194 valence electrons. The van der Waals surface area contributed by atoms with Gasteiger partial charge in [0.1, 0.15) is 0 Å². The summed E-state index contributed by atoms with van der Waals surface area (Å²) >= 11 is 0.